The first-order valence-electron chi connectivity index (χ1n) is 4.68. The molecule has 0 radical (unpaired) electrons. The third kappa shape index (κ3) is 4.88. The molecule has 0 rings (SSSR count). The molecule has 3 heteroatoms. The Bertz CT molecular complexity index is 158. The fourth-order valence-electron chi connectivity index (χ4n) is 1.07. The Kier molecular flexibility index (Phi) is 4.99. The molecule has 0 aliphatic carbocycles. The molecule has 0 aliphatic rings. The largest absolute Gasteiger partial charge is 0.466 e. The number of aliphatic hydroxyl groups is 1. The zero-order chi connectivity index (χ0) is 10.5. The minimum Gasteiger partial charge on any atom is -0.466 e. The average Bonchev–Trinajstić information content (AvgIpc) is 1.98. The number of ether oxygens (including phenoxy) is 1. The van der Waals surface area contributed by atoms with Crippen molar-refractivity contribution in [3.63, 3.8) is 0 Å². The van der Waals surface area contributed by atoms with E-state index in [1.54, 1.807) is 6.92 Å². The lowest BCUT2D eigenvalue weighted by molar-refractivity contribution is -0.145. The van der Waals surface area contributed by atoms with Crippen LogP contribution >= 0.6 is 0 Å². The van der Waals surface area contributed by atoms with Crippen LogP contribution in [0.4, 0.5) is 0 Å². The smallest absolute Gasteiger partial charge is 0.306 e. The number of carbonyl (C=O) groups is 1. The lowest BCUT2D eigenvalue weighted by Gasteiger charge is -2.28. The van der Waals surface area contributed by atoms with Gasteiger partial charge in [-0.05, 0) is 18.3 Å². The molecule has 0 aromatic rings. The number of aliphatic hydroxyl groups excluding tert-OH is 1. The Labute approximate surface area is 80.1 Å². The van der Waals surface area contributed by atoms with E-state index in [0.29, 0.717) is 13.0 Å². The molecule has 0 bridgehead atoms. The first-order chi connectivity index (χ1) is 5.91. The van der Waals surface area contributed by atoms with Gasteiger partial charge >= 0.3 is 5.97 Å². The lowest BCUT2D eigenvalue weighted by atomic mass is 9.79. The summed E-state index contributed by atoms with van der Waals surface area (Å²) in [5, 5.41) is 9.07. The quantitative estimate of drug-likeness (QED) is 0.681. The van der Waals surface area contributed by atoms with Gasteiger partial charge in [-0.1, -0.05) is 20.8 Å². The average molecular weight is 188 g/mol. The van der Waals surface area contributed by atoms with Crippen LogP contribution in [0, 0.1) is 11.3 Å². The van der Waals surface area contributed by atoms with Crippen LogP contribution in [0.15, 0.2) is 0 Å². The number of carbonyl (C=O) groups excluding carboxylic acids is 1. The van der Waals surface area contributed by atoms with Crippen LogP contribution in [0.1, 0.15) is 34.1 Å². The Hall–Kier alpha value is -0.570. The van der Waals surface area contributed by atoms with Gasteiger partial charge in [0.05, 0.1) is 13.0 Å². The van der Waals surface area contributed by atoms with Crippen molar-refractivity contribution in [3.8, 4) is 0 Å². The molecule has 0 aromatic carbocycles. The van der Waals surface area contributed by atoms with Gasteiger partial charge in [0, 0.05) is 6.61 Å². The molecule has 3 nitrogen and oxygen atoms in total. The van der Waals surface area contributed by atoms with Crippen molar-refractivity contribution in [2.75, 3.05) is 13.2 Å². The summed E-state index contributed by atoms with van der Waals surface area (Å²) in [5.74, 6) is -0.247. The Morgan fingerprint density at radius 1 is 1.46 bits per heavy atom. The fourth-order valence-corrected chi connectivity index (χ4v) is 1.07. The zero-order valence-corrected chi connectivity index (χ0v) is 8.96. The third-order valence-electron chi connectivity index (χ3n) is 2.16. The van der Waals surface area contributed by atoms with Gasteiger partial charge < -0.3 is 9.84 Å². The molecule has 0 unspecified atom stereocenters. The van der Waals surface area contributed by atoms with Gasteiger partial charge in [-0.3, -0.25) is 4.79 Å². The van der Waals surface area contributed by atoms with E-state index < -0.39 is 0 Å². The highest BCUT2D eigenvalue weighted by molar-refractivity contribution is 5.69. The molecule has 0 saturated carbocycles. The summed E-state index contributed by atoms with van der Waals surface area (Å²) in [6, 6.07) is 0. The second kappa shape index (κ2) is 5.22. The van der Waals surface area contributed by atoms with Gasteiger partial charge in [0.2, 0.25) is 0 Å². The van der Waals surface area contributed by atoms with Gasteiger partial charge in [0.25, 0.3) is 0 Å². The van der Waals surface area contributed by atoms with Crippen LogP contribution in [-0.4, -0.2) is 24.3 Å². The summed E-state index contributed by atoms with van der Waals surface area (Å²) >= 11 is 0. The van der Waals surface area contributed by atoms with Crippen molar-refractivity contribution in [1.29, 1.82) is 0 Å². The van der Waals surface area contributed by atoms with Gasteiger partial charge in [0.15, 0.2) is 0 Å². The van der Waals surface area contributed by atoms with Crippen LogP contribution in [-0.2, 0) is 9.53 Å². The Balaban J connectivity index is 4.06. The van der Waals surface area contributed by atoms with E-state index in [1.165, 1.54) is 0 Å². The van der Waals surface area contributed by atoms with E-state index in [2.05, 4.69) is 0 Å². The molecule has 0 fully saturated rings. The molecule has 0 spiro atoms. The first kappa shape index (κ1) is 12.4. The summed E-state index contributed by atoms with van der Waals surface area (Å²) < 4.78 is 4.82. The standard InChI is InChI=1S/C10H20O3/c1-5-13-9(12)6-8(7-11)10(2,3)4/h8,11H,5-7H2,1-4H3/t8-/m0/s1. The molecular formula is C10H20O3. The number of rotatable bonds is 4. The van der Waals surface area contributed by atoms with Crippen LogP contribution in [0.2, 0.25) is 0 Å². The zero-order valence-electron chi connectivity index (χ0n) is 8.96. The van der Waals surface area contributed by atoms with Crippen molar-refractivity contribution in [2.45, 2.75) is 34.1 Å². The highest BCUT2D eigenvalue weighted by Crippen LogP contribution is 2.28. The van der Waals surface area contributed by atoms with E-state index >= 15 is 0 Å². The maximum absolute atomic E-state index is 11.1. The Morgan fingerprint density at radius 3 is 2.31 bits per heavy atom. The monoisotopic (exact) mass is 188 g/mol. The predicted molar refractivity (Wildman–Crippen MR) is 51.3 cm³/mol. The highest BCUT2D eigenvalue weighted by atomic mass is 16.5. The molecule has 78 valence electrons. The Morgan fingerprint density at radius 2 is 2.00 bits per heavy atom. The summed E-state index contributed by atoms with van der Waals surface area (Å²) in [6.45, 7) is 8.24. The van der Waals surface area contributed by atoms with Crippen LogP contribution in [0.3, 0.4) is 0 Å². The van der Waals surface area contributed by atoms with E-state index in [0.717, 1.165) is 0 Å². The molecule has 1 atom stereocenters. The fraction of sp³-hybridized carbons (Fsp3) is 0.900. The van der Waals surface area contributed by atoms with Crippen molar-refractivity contribution in [1.82, 2.24) is 0 Å². The molecule has 0 amide bonds. The maximum atomic E-state index is 11.1. The second-order valence-electron chi connectivity index (χ2n) is 4.25. The molecule has 0 aliphatic heterocycles. The SMILES string of the molecule is CCOC(=O)C[C@@H](CO)C(C)(C)C. The van der Waals surface area contributed by atoms with Gasteiger partial charge in [-0.15, -0.1) is 0 Å². The van der Waals surface area contributed by atoms with Crippen LogP contribution in [0.5, 0.6) is 0 Å². The van der Waals surface area contributed by atoms with E-state index in [1.807, 2.05) is 20.8 Å². The normalized spacial score (nSPS) is 13.9. The molecule has 0 saturated heterocycles. The topological polar surface area (TPSA) is 46.5 Å². The van der Waals surface area contributed by atoms with Crippen molar-refractivity contribution in [2.24, 2.45) is 11.3 Å². The lowest BCUT2D eigenvalue weighted by Crippen LogP contribution is -2.27. The van der Waals surface area contributed by atoms with Crippen molar-refractivity contribution in [3.05, 3.63) is 0 Å². The molecule has 13 heavy (non-hydrogen) atoms. The maximum Gasteiger partial charge on any atom is 0.306 e. The van der Waals surface area contributed by atoms with Gasteiger partial charge in [0.1, 0.15) is 0 Å². The van der Waals surface area contributed by atoms with E-state index in [-0.39, 0.29) is 23.9 Å². The van der Waals surface area contributed by atoms with Crippen LogP contribution < -0.4 is 0 Å². The minimum absolute atomic E-state index is 0.0217. The second-order valence-corrected chi connectivity index (χ2v) is 4.25. The number of hydrogen-bond donors (Lipinski definition) is 1. The third-order valence-corrected chi connectivity index (χ3v) is 2.16. The first-order valence-corrected chi connectivity index (χ1v) is 4.68. The molecule has 1 N–H and O–H groups in total. The number of hydrogen-bond acceptors (Lipinski definition) is 3. The van der Waals surface area contributed by atoms with Crippen molar-refractivity contribution < 1.29 is 14.6 Å². The van der Waals surface area contributed by atoms with Crippen molar-refractivity contribution >= 4 is 5.97 Å². The summed E-state index contributed by atoms with van der Waals surface area (Å²) in [4.78, 5) is 11.1. The summed E-state index contributed by atoms with van der Waals surface area (Å²) in [5.41, 5.74) is -0.0541. The van der Waals surface area contributed by atoms with Gasteiger partial charge in [-0.25, -0.2) is 0 Å². The molecule has 0 heterocycles. The summed E-state index contributed by atoms with van der Waals surface area (Å²) in [7, 11) is 0. The van der Waals surface area contributed by atoms with E-state index in [9.17, 15) is 4.79 Å². The number of esters is 1. The minimum atomic E-state index is -0.225. The molecular weight excluding hydrogens is 168 g/mol. The molecule has 0 aromatic heterocycles. The predicted octanol–water partition coefficient (Wildman–Crippen LogP) is 1.59. The van der Waals surface area contributed by atoms with Crippen LogP contribution in [0.25, 0.3) is 0 Å². The summed E-state index contributed by atoms with van der Waals surface area (Å²) in [6.07, 6.45) is 0.299. The highest BCUT2D eigenvalue weighted by Gasteiger charge is 2.26. The van der Waals surface area contributed by atoms with Gasteiger partial charge in [-0.2, -0.15) is 0 Å². The van der Waals surface area contributed by atoms with E-state index in [4.69, 9.17) is 9.84 Å².